The molecule has 5 N–H and O–H groups in total. The highest BCUT2D eigenvalue weighted by atomic mass is 16.3. The number of rotatable bonds is 4. The van der Waals surface area contributed by atoms with Gasteiger partial charge in [-0.15, -0.1) is 0 Å². The molecular formula is C15H24N6O. The third-order valence-corrected chi connectivity index (χ3v) is 5.36. The summed E-state index contributed by atoms with van der Waals surface area (Å²) < 4.78 is 1.98. The van der Waals surface area contributed by atoms with E-state index in [-0.39, 0.29) is 17.5 Å². The number of fused-ring (bicyclic) bond motifs is 1. The van der Waals surface area contributed by atoms with E-state index in [9.17, 15) is 5.11 Å². The van der Waals surface area contributed by atoms with Crippen molar-refractivity contribution < 1.29 is 5.11 Å². The predicted octanol–water partition coefficient (Wildman–Crippen LogP) is 1.42. The molecule has 0 unspecified atom stereocenters. The summed E-state index contributed by atoms with van der Waals surface area (Å²) in [4.78, 5) is 12.5. The van der Waals surface area contributed by atoms with Crippen molar-refractivity contribution in [3.8, 4) is 0 Å². The van der Waals surface area contributed by atoms with Gasteiger partial charge in [0.25, 0.3) is 0 Å². The molecule has 2 aromatic heterocycles. The Morgan fingerprint density at radius 1 is 1.41 bits per heavy atom. The summed E-state index contributed by atoms with van der Waals surface area (Å²) in [6, 6.07) is 0. The Hall–Kier alpha value is -1.89. The van der Waals surface area contributed by atoms with Gasteiger partial charge in [-0.3, -0.25) is 0 Å². The van der Waals surface area contributed by atoms with Crippen molar-refractivity contribution in [1.29, 1.82) is 0 Å². The summed E-state index contributed by atoms with van der Waals surface area (Å²) in [6.45, 7) is 7.17. The van der Waals surface area contributed by atoms with E-state index >= 15 is 0 Å². The monoisotopic (exact) mass is 304 g/mol. The lowest BCUT2D eigenvalue weighted by Crippen LogP contribution is -2.49. The SMILES string of the molecule is C[C@@H](O)[C@@H]1C[C@H](CCn2cnc3c(N)nc(N)nc32)C1(C)C. The van der Waals surface area contributed by atoms with Gasteiger partial charge in [-0.1, -0.05) is 13.8 Å². The van der Waals surface area contributed by atoms with Gasteiger partial charge in [0.2, 0.25) is 5.95 Å². The van der Waals surface area contributed by atoms with Crippen LogP contribution in [0.15, 0.2) is 6.33 Å². The molecule has 7 nitrogen and oxygen atoms in total. The van der Waals surface area contributed by atoms with E-state index in [1.807, 2.05) is 11.5 Å². The van der Waals surface area contributed by atoms with E-state index in [0.29, 0.717) is 28.8 Å². The van der Waals surface area contributed by atoms with Crippen LogP contribution in [0, 0.1) is 17.3 Å². The number of nitrogens with two attached hydrogens (primary N) is 2. The summed E-state index contributed by atoms with van der Waals surface area (Å²) in [5, 5.41) is 9.82. The van der Waals surface area contributed by atoms with Crippen molar-refractivity contribution >= 4 is 22.9 Å². The van der Waals surface area contributed by atoms with Crippen LogP contribution in [0.1, 0.15) is 33.6 Å². The standard InChI is InChI=1S/C15H24N6O/c1-8(22)10-6-9(15(10,2)3)4-5-21-7-18-11-12(16)19-14(17)20-13(11)21/h7-10,22H,4-6H2,1-3H3,(H4,16,17,19,20)/t8-,9+,10+/m1/s1. The van der Waals surface area contributed by atoms with Gasteiger partial charge in [0.05, 0.1) is 12.4 Å². The molecule has 1 saturated carbocycles. The van der Waals surface area contributed by atoms with Gasteiger partial charge in [0.1, 0.15) is 5.52 Å². The average Bonchev–Trinajstić information content (AvgIpc) is 2.80. The van der Waals surface area contributed by atoms with Gasteiger partial charge in [-0.25, -0.2) is 4.98 Å². The largest absolute Gasteiger partial charge is 0.393 e. The summed E-state index contributed by atoms with van der Waals surface area (Å²) in [7, 11) is 0. The number of nitrogens with zero attached hydrogens (tertiary/aromatic N) is 4. The van der Waals surface area contributed by atoms with Crippen molar-refractivity contribution in [2.75, 3.05) is 11.5 Å². The van der Waals surface area contributed by atoms with Crippen LogP contribution in [0.25, 0.3) is 11.2 Å². The Morgan fingerprint density at radius 3 is 2.77 bits per heavy atom. The van der Waals surface area contributed by atoms with E-state index in [1.165, 1.54) is 0 Å². The summed E-state index contributed by atoms with van der Waals surface area (Å²) in [5.74, 6) is 1.45. The van der Waals surface area contributed by atoms with Crippen molar-refractivity contribution in [1.82, 2.24) is 19.5 Å². The topological polar surface area (TPSA) is 116 Å². The Morgan fingerprint density at radius 2 is 2.14 bits per heavy atom. The van der Waals surface area contributed by atoms with Crippen molar-refractivity contribution in [3.63, 3.8) is 0 Å². The van der Waals surface area contributed by atoms with Crippen LogP contribution >= 0.6 is 0 Å². The van der Waals surface area contributed by atoms with Crippen LogP contribution in [0.4, 0.5) is 11.8 Å². The molecule has 1 fully saturated rings. The molecule has 0 amide bonds. The normalized spacial score (nSPS) is 25.1. The summed E-state index contributed by atoms with van der Waals surface area (Å²) >= 11 is 0. The summed E-state index contributed by atoms with van der Waals surface area (Å²) in [5.41, 5.74) is 12.9. The second kappa shape index (κ2) is 5.08. The first kappa shape index (κ1) is 15.0. The molecule has 0 bridgehead atoms. The number of aliphatic hydroxyl groups excluding tert-OH is 1. The molecule has 7 heteroatoms. The molecule has 2 aromatic rings. The Kier molecular flexibility index (Phi) is 3.47. The molecule has 22 heavy (non-hydrogen) atoms. The number of aliphatic hydroxyl groups is 1. The van der Waals surface area contributed by atoms with Gasteiger partial charge >= 0.3 is 0 Å². The number of anilines is 2. The lowest BCUT2D eigenvalue weighted by molar-refractivity contribution is -0.0917. The van der Waals surface area contributed by atoms with E-state index in [2.05, 4.69) is 28.8 Å². The van der Waals surface area contributed by atoms with Crippen LogP contribution in [0.3, 0.4) is 0 Å². The smallest absolute Gasteiger partial charge is 0.224 e. The third kappa shape index (κ3) is 2.29. The molecule has 1 aliphatic carbocycles. The molecule has 0 aliphatic heterocycles. The minimum Gasteiger partial charge on any atom is -0.393 e. The van der Waals surface area contributed by atoms with E-state index in [4.69, 9.17) is 11.5 Å². The maximum Gasteiger partial charge on any atom is 0.224 e. The maximum atomic E-state index is 9.82. The first-order valence-corrected chi connectivity index (χ1v) is 7.72. The van der Waals surface area contributed by atoms with Gasteiger partial charge in [0, 0.05) is 6.54 Å². The quantitative estimate of drug-likeness (QED) is 0.786. The molecule has 1 aliphatic rings. The van der Waals surface area contributed by atoms with Crippen LogP contribution < -0.4 is 11.5 Å². The highest BCUT2D eigenvalue weighted by Crippen LogP contribution is 2.54. The molecule has 120 valence electrons. The van der Waals surface area contributed by atoms with Crippen LogP contribution in [-0.2, 0) is 6.54 Å². The first-order chi connectivity index (χ1) is 10.3. The number of imidazole rings is 1. The zero-order chi connectivity index (χ0) is 16.1. The molecule has 3 rings (SSSR count). The second-order valence-electron chi connectivity index (χ2n) is 6.97. The lowest BCUT2D eigenvalue weighted by atomic mass is 9.52. The van der Waals surface area contributed by atoms with Crippen LogP contribution in [-0.4, -0.2) is 30.7 Å². The molecule has 0 aromatic carbocycles. The van der Waals surface area contributed by atoms with Gasteiger partial charge in [0.15, 0.2) is 11.5 Å². The van der Waals surface area contributed by atoms with Crippen LogP contribution in [0.2, 0.25) is 0 Å². The number of aromatic nitrogens is 4. The Balaban J connectivity index is 1.73. The molecule has 0 radical (unpaired) electrons. The van der Waals surface area contributed by atoms with E-state index < -0.39 is 0 Å². The Bertz CT molecular complexity index is 693. The van der Waals surface area contributed by atoms with Crippen molar-refractivity contribution in [2.45, 2.75) is 46.3 Å². The Labute approximate surface area is 129 Å². The highest BCUT2D eigenvalue weighted by Gasteiger charge is 2.49. The molecule has 2 heterocycles. The van der Waals surface area contributed by atoms with Gasteiger partial charge in [-0.05, 0) is 37.0 Å². The number of hydrogen-bond donors (Lipinski definition) is 3. The number of nitrogen functional groups attached to an aromatic ring is 2. The number of aryl methyl sites for hydroxylation is 1. The van der Waals surface area contributed by atoms with Gasteiger partial charge in [-0.2, -0.15) is 9.97 Å². The number of hydrogen-bond acceptors (Lipinski definition) is 6. The average molecular weight is 304 g/mol. The second-order valence-corrected chi connectivity index (χ2v) is 6.97. The predicted molar refractivity (Wildman–Crippen MR) is 85.8 cm³/mol. The van der Waals surface area contributed by atoms with E-state index in [0.717, 1.165) is 19.4 Å². The fraction of sp³-hybridized carbons (Fsp3) is 0.667. The summed E-state index contributed by atoms with van der Waals surface area (Å²) in [6.07, 6.45) is 3.59. The lowest BCUT2D eigenvalue weighted by Gasteiger charge is -2.54. The molecule has 0 saturated heterocycles. The third-order valence-electron chi connectivity index (χ3n) is 5.36. The molecule has 0 spiro atoms. The van der Waals surface area contributed by atoms with Crippen molar-refractivity contribution in [3.05, 3.63) is 6.33 Å². The highest BCUT2D eigenvalue weighted by molar-refractivity contribution is 5.82. The van der Waals surface area contributed by atoms with E-state index in [1.54, 1.807) is 6.33 Å². The minimum atomic E-state index is -0.243. The van der Waals surface area contributed by atoms with Crippen LogP contribution in [0.5, 0.6) is 0 Å². The first-order valence-electron chi connectivity index (χ1n) is 7.72. The maximum absolute atomic E-state index is 9.82. The molecule has 3 atom stereocenters. The van der Waals surface area contributed by atoms with Crippen molar-refractivity contribution in [2.24, 2.45) is 17.3 Å². The zero-order valence-corrected chi connectivity index (χ0v) is 13.3. The fourth-order valence-corrected chi connectivity index (χ4v) is 3.81. The minimum absolute atomic E-state index is 0.164. The van der Waals surface area contributed by atoms with Gasteiger partial charge < -0.3 is 21.1 Å². The zero-order valence-electron chi connectivity index (χ0n) is 13.3. The fourth-order valence-electron chi connectivity index (χ4n) is 3.81. The molecular weight excluding hydrogens is 280 g/mol.